The lowest BCUT2D eigenvalue weighted by Crippen LogP contribution is -2.44. The first-order valence-electron chi connectivity index (χ1n) is 6.43. The van der Waals surface area contributed by atoms with Crippen LogP contribution in [0.5, 0.6) is 0 Å². The van der Waals surface area contributed by atoms with Crippen molar-refractivity contribution < 1.29 is 4.73 Å². The lowest BCUT2D eigenvalue weighted by Gasteiger charge is -2.10. The molecule has 0 saturated carbocycles. The highest BCUT2D eigenvalue weighted by Gasteiger charge is 2.21. The first-order chi connectivity index (χ1) is 9.82. The van der Waals surface area contributed by atoms with Crippen LogP contribution in [0.15, 0.2) is 21.7 Å². The average molecular weight is 286 g/mol. The molecule has 3 rings (SSSR count). The van der Waals surface area contributed by atoms with Gasteiger partial charge in [-0.25, -0.2) is 9.78 Å². The van der Waals surface area contributed by atoms with Crippen LogP contribution in [0.2, 0.25) is 0 Å². The Morgan fingerprint density at radius 3 is 2.38 bits per heavy atom. The Kier molecular flexibility index (Phi) is 2.62. The van der Waals surface area contributed by atoms with E-state index >= 15 is 0 Å². The molecule has 2 heterocycles. The van der Waals surface area contributed by atoms with E-state index in [0.717, 1.165) is 15.7 Å². The predicted octanol–water partition coefficient (Wildman–Crippen LogP) is 0.0356. The van der Waals surface area contributed by atoms with Crippen molar-refractivity contribution in [2.75, 3.05) is 0 Å². The highest BCUT2D eigenvalue weighted by Crippen LogP contribution is 2.16. The highest BCUT2D eigenvalue weighted by molar-refractivity contribution is 5.80. The molecule has 1 aromatic carbocycles. The third-order valence-corrected chi connectivity index (χ3v) is 3.85. The molecule has 7 nitrogen and oxygen atoms in total. The summed E-state index contributed by atoms with van der Waals surface area (Å²) in [6.45, 7) is 3.80. The molecule has 0 aliphatic heterocycles. The first kappa shape index (κ1) is 13.3. The minimum Gasteiger partial charge on any atom is -0.618 e. The molecule has 0 fully saturated rings. The van der Waals surface area contributed by atoms with E-state index in [9.17, 15) is 14.8 Å². The molecule has 0 unspecified atom stereocenters. The molecule has 3 aromatic rings. The van der Waals surface area contributed by atoms with Gasteiger partial charge in [-0.05, 0) is 31.0 Å². The summed E-state index contributed by atoms with van der Waals surface area (Å²) in [5, 5.41) is 12.5. The van der Waals surface area contributed by atoms with E-state index in [-0.39, 0.29) is 11.2 Å². The first-order valence-corrected chi connectivity index (χ1v) is 6.43. The minimum absolute atomic E-state index is 0.0915. The van der Waals surface area contributed by atoms with Crippen LogP contribution < -0.4 is 16.0 Å². The number of aromatic nitrogens is 4. The molecule has 0 bridgehead atoms. The van der Waals surface area contributed by atoms with Gasteiger partial charge in [-0.15, -0.1) is 0 Å². The summed E-state index contributed by atoms with van der Waals surface area (Å²) in [7, 11) is 2.83. The van der Waals surface area contributed by atoms with Crippen LogP contribution in [-0.4, -0.2) is 14.1 Å². The van der Waals surface area contributed by atoms with E-state index < -0.39 is 11.2 Å². The van der Waals surface area contributed by atoms with Gasteiger partial charge < -0.3 is 5.21 Å². The summed E-state index contributed by atoms with van der Waals surface area (Å²) in [5.74, 6) is 0. The molecule has 21 heavy (non-hydrogen) atoms. The Bertz CT molecular complexity index is 1030. The van der Waals surface area contributed by atoms with E-state index in [2.05, 4.69) is 4.98 Å². The Hall–Kier alpha value is -2.70. The maximum atomic E-state index is 12.5. The normalized spacial score (nSPS) is 11.4. The molecule has 0 saturated heterocycles. The Balaban J connectivity index is 2.70. The van der Waals surface area contributed by atoms with Gasteiger partial charge in [0.2, 0.25) is 11.2 Å². The SMILES string of the molecule is Cc1cc2nc3c(c(=O)n(C)c(=O)n3C)[n+]([O-])c2cc1C. The van der Waals surface area contributed by atoms with Gasteiger partial charge >= 0.3 is 16.8 Å². The van der Waals surface area contributed by atoms with E-state index in [0.29, 0.717) is 15.8 Å². The summed E-state index contributed by atoms with van der Waals surface area (Å²) in [4.78, 5) is 28.5. The Labute approximate surface area is 119 Å². The predicted molar refractivity (Wildman–Crippen MR) is 78.2 cm³/mol. The molecule has 2 aromatic heterocycles. The second-order valence-corrected chi connectivity index (χ2v) is 5.21. The summed E-state index contributed by atoms with van der Waals surface area (Å²) >= 11 is 0. The van der Waals surface area contributed by atoms with Crippen LogP contribution in [0.25, 0.3) is 22.2 Å². The van der Waals surface area contributed by atoms with Crippen LogP contribution in [0.3, 0.4) is 0 Å². The topological polar surface area (TPSA) is 83.8 Å². The lowest BCUT2D eigenvalue weighted by atomic mass is 10.1. The van der Waals surface area contributed by atoms with E-state index in [1.165, 1.54) is 18.7 Å². The number of nitrogens with zero attached hydrogens (tertiary/aromatic N) is 4. The van der Waals surface area contributed by atoms with Gasteiger partial charge in [-0.1, -0.05) is 0 Å². The van der Waals surface area contributed by atoms with Gasteiger partial charge in [0, 0.05) is 20.2 Å². The highest BCUT2D eigenvalue weighted by atomic mass is 16.5. The fourth-order valence-corrected chi connectivity index (χ4v) is 2.39. The fourth-order valence-electron chi connectivity index (χ4n) is 2.39. The molecule has 0 amide bonds. The van der Waals surface area contributed by atoms with Crippen molar-refractivity contribution in [3.05, 3.63) is 49.3 Å². The van der Waals surface area contributed by atoms with Gasteiger partial charge in [0.05, 0.1) is 0 Å². The number of hydrogen-bond donors (Lipinski definition) is 0. The van der Waals surface area contributed by atoms with E-state index in [4.69, 9.17) is 0 Å². The molecule has 0 aliphatic rings. The maximum absolute atomic E-state index is 12.5. The standard InChI is InChI=1S/C14H14N4O3/c1-7-5-9-10(6-8(7)2)18(21)11-12(15-9)16(3)14(20)17(4)13(11)19/h5-6H,1-4H3. The molecule has 0 spiro atoms. The number of hydrogen-bond acceptors (Lipinski definition) is 4. The summed E-state index contributed by atoms with van der Waals surface area (Å²) in [6, 6.07) is 3.48. The average Bonchev–Trinajstić information content (AvgIpc) is 2.45. The van der Waals surface area contributed by atoms with Crippen molar-refractivity contribution in [2.24, 2.45) is 14.1 Å². The number of benzene rings is 1. The second kappa shape index (κ2) is 4.15. The smallest absolute Gasteiger partial charge is 0.332 e. The van der Waals surface area contributed by atoms with Crippen LogP contribution in [0.4, 0.5) is 0 Å². The van der Waals surface area contributed by atoms with E-state index in [1.807, 2.05) is 13.8 Å². The van der Waals surface area contributed by atoms with Crippen LogP contribution in [0, 0.1) is 19.1 Å². The quantitative estimate of drug-likeness (QED) is 0.332. The van der Waals surface area contributed by atoms with Gasteiger partial charge in [0.25, 0.3) is 0 Å². The largest absolute Gasteiger partial charge is 0.618 e. The number of aryl methyl sites for hydroxylation is 3. The van der Waals surface area contributed by atoms with Crippen molar-refractivity contribution in [1.29, 1.82) is 0 Å². The molecule has 0 N–H and O–H groups in total. The van der Waals surface area contributed by atoms with Crippen LogP contribution >= 0.6 is 0 Å². The second-order valence-electron chi connectivity index (χ2n) is 5.21. The molecule has 7 heteroatoms. The van der Waals surface area contributed by atoms with Crippen LogP contribution in [0.1, 0.15) is 11.1 Å². The molecular weight excluding hydrogens is 272 g/mol. The molecule has 0 aliphatic carbocycles. The third-order valence-electron chi connectivity index (χ3n) is 3.85. The summed E-state index contributed by atoms with van der Waals surface area (Å²) < 4.78 is 2.68. The Morgan fingerprint density at radius 2 is 1.71 bits per heavy atom. The van der Waals surface area contributed by atoms with Gasteiger partial charge in [-0.2, -0.15) is 4.73 Å². The van der Waals surface area contributed by atoms with Gasteiger partial charge in [0.1, 0.15) is 5.52 Å². The van der Waals surface area contributed by atoms with Crippen molar-refractivity contribution in [3.8, 4) is 0 Å². The lowest BCUT2D eigenvalue weighted by molar-refractivity contribution is -0.549. The third kappa shape index (κ3) is 1.67. The number of fused-ring (bicyclic) bond motifs is 2. The summed E-state index contributed by atoms with van der Waals surface area (Å²) in [5.41, 5.74) is 1.52. The van der Waals surface area contributed by atoms with Crippen molar-refractivity contribution >= 4 is 22.2 Å². The molecule has 108 valence electrons. The molecular formula is C14H14N4O3. The maximum Gasteiger partial charge on any atom is 0.332 e. The van der Waals surface area contributed by atoms with Crippen molar-refractivity contribution in [3.63, 3.8) is 0 Å². The molecule has 0 radical (unpaired) electrons. The minimum atomic E-state index is -0.643. The fraction of sp³-hybridized carbons (Fsp3) is 0.286. The Morgan fingerprint density at radius 1 is 1.10 bits per heavy atom. The van der Waals surface area contributed by atoms with E-state index in [1.54, 1.807) is 12.1 Å². The van der Waals surface area contributed by atoms with Crippen molar-refractivity contribution in [1.82, 2.24) is 14.1 Å². The zero-order valence-corrected chi connectivity index (χ0v) is 12.2. The van der Waals surface area contributed by atoms with Crippen LogP contribution in [-0.2, 0) is 14.1 Å². The zero-order valence-electron chi connectivity index (χ0n) is 12.2. The van der Waals surface area contributed by atoms with Crippen molar-refractivity contribution in [2.45, 2.75) is 13.8 Å². The van der Waals surface area contributed by atoms with Gasteiger partial charge in [-0.3, -0.25) is 13.9 Å². The molecule has 0 atom stereocenters. The summed E-state index contributed by atoms with van der Waals surface area (Å²) in [6.07, 6.45) is 0. The van der Waals surface area contributed by atoms with Gasteiger partial charge in [0.15, 0.2) is 0 Å². The zero-order chi connectivity index (χ0) is 15.5. The number of rotatable bonds is 0. The monoisotopic (exact) mass is 286 g/mol.